The van der Waals surface area contributed by atoms with Crippen LogP contribution in [-0.2, 0) is 9.53 Å². The second-order valence-corrected chi connectivity index (χ2v) is 9.80. The van der Waals surface area contributed by atoms with Crippen LogP contribution < -0.4 is 5.11 Å². The minimum absolute atomic E-state index is 0.111. The molecule has 33 heavy (non-hydrogen) atoms. The molecule has 0 atom stereocenters. The first-order valence-corrected chi connectivity index (χ1v) is 14.2. The fourth-order valence-corrected chi connectivity index (χ4v) is 4.04. The number of carboxylic acids is 1. The fourth-order valence-electron chi connectivity index (χ4n) is 4.04. The lowest BCUT2D eigenvalue weighted by Gasteiger charge is -2.35. The molecule has 0 aliphatic rings. The van der Waals surface area contributed by atoms with Gasteiger partial charge in [0.1, 0.15) is 6.54 Å². The van der Waals surface area contributed by atoms with Crippen LogP contribution in [-0.4, -0.2) is 62.1 Å². The third kappa shape index (κ3) is 29.3. The zero-order valence-corrected chi connectivity index (χ0v) is 22.9. The van der Waals surface area contributed by atoms with Gasteiger partial charge in [0.2, 0.25) is 0 Å². The second-order valence-electron chi connectivity index (χ2n) is 9.80. The molecule has 0 aromatic rings. The first-order valence-electron chi connectivity index (χ1n) is 14.2. The zero-order chi connectivity index (χ0) is 25.0. The van der Waals surface area contributed by atoms with Gasteiger partial charge in [-0.05, 0) is 32.1 Å². The Morgan fingerprint density at radius 3 is 1.36 bits per heavy atom. The third-order valence-electron chi connectivity index (χ3n) is 6.40. The number of carboxylic acid groups (broad SMARTS) is 1. The Bertz CT molecular complexity index is 370. The topological polar surface area (TPSA) is 69.6 Å². The van der Waals surface area contributed by atoms with Crippen LogP contribution in [0.5, 0.6) is 0 Å². The van der Waals surface area contributed by atoms with Gasteiger partial charge in [0, 0.05) is 5.97 Å². The molecule has 0 fully saturated rings. The van der Waals surface area contributed by atoms with Crippen LogP contribution in [0.25, 0.3) is 0 Å². The van der Waals surface area contributed by atoms with Crippen LogP contribution in [0.1, 0.15) is 130 Å². The molecule has 0 aliphatic heterocycles. The summed E-state index contributed by atoms with van der Waals surface area (Å²) < 4.78 is 6.73. The summed E-state index contributed by atoms with van der Waals surface area (Å²) >= 11 is 0. The number of quaternary nitrogens is 1. The minimum Gasteiger partial charge on any atom is -0.550 e. The number of aliphatic hydroxyl groups is 1. The van der Waals surface area contributed by atoms with Gasteiger partial charge in [0.15, 0.2) is 0 Å². The van der Waals surface area contributed by atoms with E-state index in [4.69, 9.17) is 9.84 Å². The lowest BCUT2D eigenvalue weighted by molar-refractivity contribution is -0.910. The van der Waals surface area contributed by atoms with E-state index in [1.807, 2.05) is 0 Å². The molecule has 0 aromatic carbocycles. The first kappa shape index (κ1) is 34.5. The Hall–Kier alpha value is -0.650. The van der Waals surface area contributed by atoms with Crippen molar-refractivity contribution in [3.8, 4) is 0 Å². The summed E-state index contributed by atoms with van der Waals surface area (Å²) in [4.78, 5) is 9.26. The molecule has 5 nitrogen and oxygen atoms in total. The van der Waals surface area contributed by atoms with Crippen molar-refractivity contribution >= 4 is 5.97 Å². The highest BCUT2D eigenvalue weighted by Gasteiger charge is 2.20. The van der Waals surface area contributed by atoms with Gasteiger partial charge in [-0.15, -0.1) is 0 Å². The summed E-state index contributed by atoms with van der Waals surface area (Å²) in [6.07, 6.45) is 22.4. The summed E-state index contributed by atoms with van der Waals surface area (Å²) in [6, 6.07) is 0. The van der Waals surface area contributed by atoms with E-state index >= 15 is 0 Å². The van der Waals surface area contributed by atoms with E-state index in [9.17, 15) is 9.90 Å². The molecule has 0 unspecified atom stereocenters. The molecule has 5 heteroatoms. The summed E-state index contributed by atoms with van der Waals surface area (Å²) in [6.45, 7) is 11.2. The number of carbonyl (C=O) groups is 1. The van der Waals surface area contributed by atoms with Gasteiger partial charge in [-0.3, -0.25) is 0 Å². The number of hydrogen-bond acceptors (Lipinski definition) is 4. The van der Waals surface area contributed by atoms with Crippen molar-refractivity contribution in [2.24, 2.45) is 0 Å². The van der Waals surface area contributed by atoms with Crippen molar-refractivity contribution in [2.45, 2.75) is 130 Å². The van der Waals surface area contributed by atoms with Gasteiger partial charge in [-0.25, -0.2) is 0 Å². The average Bonchev–Trinajstić information content (AvgIpc) is 2.81. The highest BCUT2D eigenvalue weighted by Crippen LogP contribution is 2.14. The summed E-state index contributed by atoms with van der Waals surface area (Å²) in [5.41, 5.74) is 0. The van der Waals surface area contributed by atoms with Gasteiger partial charge in [0.05, 0.1) is 40.0 Å². The quantitative estimate of drug-likeness (QED) is 0.141. The lowest BCUT2D eigenvalue weighted by Crippen LogP contribution is -2.47. The van der Waals surface area contributed by atoms with Gasteiger partial charge >= 0.3 is 0 Å². The standard InChI is InChI=1S/C25H54NO2.C3H6O2/c1-4-6-8-10-12-14-16-18-20-26(3,22-24-28-25-23-27)21-19-17-15-13-11-9-7-5-2;1-2-3(4)5/h27H,4-25H2,1-3H3;2H2,1H3,(H,4,5)/q+1;/p-1. The molecular formula is C28H59NO4. The number of rotatable bonds is 24. The number of hydrogen-bond donors (Lipinski definition) is 1. The largest absolute Gasteiger partial charge is 0.550 e. The smallest absolute Gasteiger partial charge is 0.102 e. The molecule has 0 spiro atoms. The van der Waals surface area contributed by atoms with Crippen LogP contribution in [0.3, 0.4) is 0 Å². The Morgan fingerprint density at radius 2 is 1.03 bits per heavy atom. The third-order valence-corrected chi connectivity index (χ3v) is 6.40. The molecule has 0 amide bonds. The molecule has 0 bridgehead atoms. The number of aliphatic hydroxyl groups excluding tert-OH is 1. The fraction of sp³-hybridized carbons (Fsp3) is 0.964. The Morgan fingerprint density at radius 1 is 0.667 bits per heavy atom. The van der Waals surface area contributed by atoms with Crippen molar-refractivity contribution in [1.29, 1.82) is 0 Å². The van der Waals surface area contributed by atoms with Crippen LogP contribution in [0, 0.1) is 0 Å². The maximum Gasteiger partial charge on any atom is 0.102 e. The number of aliphatic carboxylic acids is 1. The molecule has 0 aliphatic carbocycles. The van der Waals surface area contributed by atoms with Gasteiger partial charge in [0.25, 0.3) is 0 Å². The molecule has 0 aromatic heterocycles. The molecule has 0 saturated carbocycles. The molecule has 0 heterocycles. The van der Waals surface area contributed by atoms with Gasteiger partial charge < -0.3 is 24.2 Å². The molecular weight excluding hydrogens is 414 g/mol. The Kier molecular flexibility index (Phi) is 28.9. The van der Waals surface area contributed by atoms with Crippen LogP contribution in [0.4, 0.5) is 0 Å². The molecule has 0 rings (SSSR count). The Labute approximate surface area is 206 Å². The molecule has 200 valence electrons. The highest BCUT2D eigenvalue weighted by atomic mass is 16.5. The maximum absolute atomic E-state index is 9.26. The van der Waals surface area contributed by atoms with E-state index in [0.717, 1.165) is 17.6 Å². The van der Waals surface area contributed by atoms with Gasteiger partial charge in [-0.2, -0.15) is 0 Å². The van der Waals surface area contributed by atoms with Crippen LogP contribution in [0.15, 0.2) is 0 Å². The van der Waals surface area contributed by atoms with E-state index in [-0.39, 0.29) is 13.0 Å². The zero-order valence-electron chi connectivity index (χ0n) is 22.9. The van der Waals surface area contributed by atoms with Crippen molar-refractivity contribution in [3.05, 3.63) is 0 Å². The summed E-state index contributed by atoms with van der Waals surface area (Å²) in [5.74, 6) is -0.995. The number of unbranched alkanes of at least 4 members (excludes halogenated alkanes) is 14. The number of carbonyl (C=O) groups excluding carboxylic acids is 1. The van der Waals surface area contributed by atoms with Crippen LogP contribution in [0.2, 0.25) is 0 Å². The number of nitrogens with zero attached hydrogens (tertiary/aromatic N) is 1. The van der Waals surface area contributed by atoms with Crippen molar-refractivity contribution in [2.75, 3.05) is 46.5 Å². The lowest BCUT2D eigenvalue weighted by atomic mass is 10.1. The summed E-state index contributed by atoms with van der Waals surface area (Å²) in [5, 5.41) is 18.2. The second kappa shape index (κ2) is 27.6. The highest BCUT2D eigenvalue weighted by molar-refractivity contribution is 5.63. The van der Waals surface area contributed by atoms with Crippen LogP contribution >= 0.6 is 0 Å². The Balaban J connectivity index is 0. The summed E-state index contributed by atoms with van der Waals surface area (Å²) in [7, 11) is 2.42. The number of ether oxygens (including phenoxy) is 1. The van der Waals surface area contributed by atoms with E-state index in [1.165, 1.54) is 123 Å². The van der Waals surface area contributed by atoms with E-state index in [1.54, 1.807) is 0 Å². The van der Waals surface area contributed by atoms with Crippen molar-refractivity contribution in [3.63, 3.8) is 0 Å². The number of likely N-dealkylation sites (N-methyl/N-ethyl adjacent to an activating group) is 1. The molecule has 1 N–H and O–H groups in total. The van der Waals surface area contributed by atoms with Gasteiger partial charge in [-0.1, -0.05) is 97.8 Å². The minimum atomic E-state index is -0.995. The molecule has 0 radical (unpaired) electrons. The maximum atomic E-state index is 9.26. The normalized spacial score (nSPS) is 11.3. The molecule has 0 saturated heterocycles. The van der Waals surface area contributed by atoms with E-state index < -0.39 is 5.97 Å². The predicted molar refractivity (Wildman–Crippen MR) is 139 cm³/mol. The van der Waals surface area contributed by atoms with E-state index in [0.29, 0.717) is 6.61 Å². The van der Waals surface area contributed by atoms with E-state index in [2.05, 4.69) is 20.9 Å². The van der Waals surface area contributed by atoms with Crippen molar-refractivity contribution < 1.29 is 24.2 Å². The van der Waals surface area contributed by atoms with Crippen molar-refractivity contribution in [1.82, 2.24) is 0 Å². The monoisotopic (exact) mass is 473 g/mol. The first-order chi connectivity index (χ1) is 16.0. The SMILES string of the molecule is CCC(=O)[O-].CCCCCCCCCC[N+](C)(CCCCCCCCCC)CCOCCO. The average molecular weight is 474 g/mol. The predicted octanol–water partition coefficient (Wildman–Crippen LogP) is 5.87.